The number of carbonyl (C=O) groups excluding carboxylic acids is 1. The number of nitrogens with zero attached hydrogens (tertiary/aromatic N) is 2. The number of likely N-dealkylation sites (N-methyl/N-ethyl adjacent to an activating group) is 1. The van der Waals surface area contributed by atoms with Gasteiger partial charge in [0.25, 0.3) is 0 Å². The van der Waals surface area contributed by atoms with E-state index in [0.717, 1.165) is 5.56 Å². The number of nitrogens with one attached hydrogen (secondary N) is 1. The van der Waals surface area contributed by atoms with Crippen molar-refractivity contribution < 1.29 is 13.2 Å². The summed E-state index contributed by atoms with van der Waals surface area (Å²) in [6.07, 6.45) is 0.621. The summed E-state index contributed by atoms with van der Waals surface area (Å²) in [6, 6.07) is 16.1. The molecule has 1 N–H and O–H groups in total. The highest BCUT2D eigenvalue weighted by atomic mass is 32.2. The van der Waals surface area contributed by atoms with Crippen LogP contribution >= 0.6 is 0 Å². The Kier molecular flexibility index (Phi) is 5.29. The standard InChI is InChI=1S/C19H23N3O3S/c1-21(2)18(15-8-4-3-5-9-15)19(23)20-16-10-6-11-17(14-16)22-12-7-13-26(22,24)25/h3-6,8-11,14,18H,7,12-13H2,1-2H3,(H,20,23). The molecule has 1 heterocycles. The van der Waals surface area contributed by atoms with Gasteiger partial charge >= 0.3 is 0 Å². The van der Waals surface area contributed by atoms with Gasteiger partial charge in [-0.15, -0.1) is 0 Å². The molecule has 0 aromatic heterocycles. The molecule has 7 heteroatoms. The quantitative estimate of drug-likeness (QED) is 0.874. The molecule has 1 saturated heterocycles. The summed E-state index contributed by atoms with van der Waals surface area (Å²) in [5.74, 6) is 0.00273. The van der Waals surface area contributed by atoms with Gasteiger partial charge < -0.3 is 5.32 Å². The highest BCUT2D eigenvalue weighted by Crippen LogP contribution is 2.27. The van der Waals surface area contributed by atoms with Gasteiger partial charge in [0.1, 0.15) is 6.04 Å². The third-order valence-corrected chi connectivity index (χ3v) is 6.25. The van der Waals surface area contributed by atoms with E-state index in [-0.39, 0.29) is 11.7 Å². The fraction of sp³-hybridized carbons (Fsp3) is 0.316. The number of anilines is 2. The van der Waals surface area contributed by atoms with Crippen LogP contribution in [0.5, 0.6) is 0 Å². The summed E-state index contributed by atoms with van der Waals surface area (Å²) in [5, 5.41) is 2.91. The highest BCUT2D eigenvalue weighted by molar-refractivity contribution is 7.93. The smallest absolute Gasteiger partial charge is 0.246 e. The molecule has 138 valence electrons. The SMILES string of the molecule is CN(C)C(C(=O)Nc1cccc(N2CCCS2(=O)=O)c1)c1ccccc1. The zero-order valence-corrected chi connectivity index (χ0v) is 15.7. The lowest BCUT2D eigenvalue weighted by molar-refractivity contribution is -0.120. The molecule has 1 amide bonds. The molecular formula is C19H23N3O3S. The summed E-state index contributed by atoms with van der Waals surface area (Å²) in [5.41, 5.74) is 2.06. The maximum Gasteiger partial charge on any atom is 0.246 e. The molecule has 26 heavy (non-hydrogen) atoms. The Morgan fingerprint density at radius 3 is 2.46 bits per heavy atom. The number of carbonyl (C=O) groups is 1. The molecule has 0 spiro atoms. The number of hydrogen-bond acceptors (Lipinski definition) is 4. The number of rotatable bonds is 5. The first-order valence-electron chi connectivity index (χ1n) is 8.51. The number of benzene rings is 2. The molecule has 1 unspecified atom stereocenters. The van der Waals surface area contributed by atoms with E-state index in [9.17, 15) is 13.2 Å². The van der Waals surface area contributed by atoms with Crippen LogP contribution in [0.1, 0.15) is 18.0 Å². The van der Waals surface area contributed by atoms with Crippen LogP contribution in [-0.4, -0.2) is 45.6 Å². The van der Waals surface area contributed by atoms with Crippen LogP contribution in [0.15, 0.2) is 54.6 Å². The topological polar surface area (TPSA) is 69.7 Å². The van der Waals surface area contributed by atoms with Gasteiger partial charge in [0.2, 0.25) is 15.9 Å². The molecule has 1 aliphatic rings. The van der Waals surface area contributed by atoms with Crippen LogP contribution < -0.4 is 9.62 Å². The first-order chi connectivity index (χ1) is 12.4. The van der Waals surface area contributed by atoms with Gasteiger partial charge in [0, 0.05) is 12.2 Å². The van der Waals surface area contributed by atoms with E-state index in [1.165, 1.54) is 4.31 Å². The second-order valence-electron chi connectivity index (χ2n) is 6.56. The zero-order chi connectivity index (χ0) is 18.7. The van der Waals surface area contributed by atoms with Gasteiger partial charge in [-0.3, -0.25) is 14.0 Å². The van der Waals surface area contributed by atoms with E-state index >= 15 is 0 Å². The summed E-state index contributed by atoms with van der Waals surface area (Å²) < 4.78 is 25.6. The summed E-state index contributed by atoms with van der Waals surface area (Å²) >= 11 is 0. The predicted molar refractivity (Wildman–Crippen MR) is 104 cm³/mol. The molecule has 1 fully saturated rings. The van der Waals surface area contributed by atoms with E-state index in [0.29, 0.717) is 24.3 Å². The van der Waals surface area contributed by atoms with Gasteiger partial charge in [0.05, 0.1) is 11.4 Å². The van der Waals surface area contributed by atoms with Crippen LogP contribution in [-0.2, 0) is 14.8 Å². The normalized spacial score (nSPS) is 17.3. The lowest BCUT2D eigenvalue weighted by atomic mass is 10.1. The summed E-state index contributed by atoms with van der Waals surface area (Å²) in [7, 11) is 0.458. The molecular weight excluding hydrogens is 350 g/mol. The Hall–Kier alpha value is -2.38. The van der Waals surface area contributed by atoms with E-state index in [2.05, 4.69) is 5.32 Å². The van der Waals surface area contributed by atoms with Gasteiger partial charge in [-0.1, -0.05) is 36.4 Å². The van der Waals surface area contributed by atoms with Crippen molar-refractivity contribution in [2.45, 2.75) is 12.5 Å². The Balaban J connectivity index is 1.82. The van der Waals surface area contributed by atoms with Crippen molar-refractivity contribution >= 4 is 27.3 Å². The zero-order valence-electron chi connectivity index (χ0n) is 14.9. The highest BCUT2D eigenvalue weighted by Gasteiger charge is 2.29. The molecule has 0 saturated carbocycles. The largest absolute Gasteiger partial charge is 0.324 e. The second-order valence-corrected chi connectivity index (χ2v) is 8.57. The maximum absolute atomic E-state index is 12.8. The van der Waals surface area contributed by atoms with E-state index in [1.807, 2.05) is 49.3 Å². The van der Waals surface area contributed by atoms with Gasteiger partial charge in [0.15, 0.2) is 0 Å². The van der Waals surface area contributed by atoms with Crippen LogP contribution in [0.2, 0.25) is 0 Å². The third-order valence-electron chi connectivity index (χ3n) is 4.38. The first kappa shape index (κ1) is 18.4. The monoisotopic (exact) mass is 373 g/mol. The van der Waals surface area contributed by atoms with Crippen molar-refractivity contribution in [2.75, 3.05) is 36.0 Å². The average Bonchev–Trinajstić information content (AvgIpc) is 2.95. The van der Waals surface area contributed by atoms with Crippen molar-refractivity contribution in [3.8, 4) is 0 Å². The van der Waals surface area contributed by atoms with E-state index in [1.54, 1.807) is 24.3 Å². The molecule has 0 radical (unpaired) electrons. The van der Waals surface area contributed by atoms with Crippen LogP contribution in [0.3, 0.4) is 0 Å². The maximum atomic E-state index is 12.8. The minimum atomic E-state index is -3.25. The molecule has 2 aromatic carbocycles. The second kappa shape index (κ2) is 7.47. The number of amides is 1. The Morgan fingerprint density at radius 2 is 1.85 bits per heavy atom. The van der Waals surface area contributed by atoms with Crippen molar-refractivity contribution in [2.24, 2.45) is 0 Å². The summed E-state index contributed by atoms with van der Waals surface area (Å²) in [4.78, 5) is 14.7. The minimum absolute atomic E-state index is 0.164. The van der Waals surface area contributed by atoms with Gasteiger partial charge in [-0.05, 0) is 44.3 Å². The molecule has 3 rings (SSSR count). The third kappa shape index (κ3) is 3.89. The van der Waals surface area contributed by atoms with E-state index < -0.39 is 16.1 Å². The molecule has 6 nitrogen and oxygen atoms in total. The van der Waals surface area contributed by atoms with Gasteiger partial charge in [-0.2, -0.15) is 0 Å². The molecule has 1 aliphatic heterocycles. The van der Waals surface area contributed by atoms with Crippen molar-refractivity contribution in [1.82, 2.24) is 4.90 Å². The predicted octanol–water partition coefficient (Wildman–Crippen LogP) is 2.47. The molecule has 1 atom stereocenters. The Bertz CT molecular complexity index is 882. The first-order valence-corrected chi connectivity index (χ1v) is 10.1. The van der Waals surface area contributed by atoms with Gasteiger partial charge in [-0.25, -0.2) is 8.42 Å². The van der Waals surface area contributed by atoms with Crippen molar-refractivity contribution in [3.63, 3.8) is 0 Å². The fourth-order valence-corrected chi connectivity index (χ4v) is 4.75. The average molecular weight is 373 g/mol. The lowest BCUT2D eigenvalue weighted by Gasteiger charge is -2.24. The lowest BCUT2D eigenvalue weighted by Crippen LogP contribution is -2.32. The molecule has 2 aromatic rings. The minimum Gasteiger partial charge on any atom is -0.324 e. The molecule has 0 bridgehead atoms. The van der Waals surface area contributed by atoms with Crippen molar-refractivity contribution in [3.05, 3.63) is 60.2 Å². The van der Waals surface area contributed by atoms with Crippen LogP contribution in [0, 0.1) is 0 Å². The Labute approximate surface area is 154 Å². The van der Waals surface area contributed by atoms with Crippen LogP contribution in [0.25, 0.3) is 0 Å². The summed E-state index contributed by atoms with van der Waals surface area (Å²) in [6.45, 7) is 0.476. The number of hydrogen-bond donors (Lipinski definition) is 1. The van der Waals surface area contributed by atoms with Crippen molar-refractivity contribution in [1.29, 1.82) is 0 Å². The van der Waals surface area contributed by atoms with E-state index in [4.69, 9.17) is 0 Å². The molecule has 0 aliphatic carbocycles. The fourth-order valence-electron chi connectivity index (χ4n) is 3.20. The van der Waals surface area contributed by atoms with Crippen LogP contribution in [0.4, 0.5) is 11.4 Å². The number of sulfonamides is 1. The Morgan fingerprint density at radius 1 is 1.12 bits per heavy atom.